The van der Waals surface area contributed by atoms with Crippen molar-refractivity contribution in [1.29, 1.82) is 0 Å². The second-order valence-electron chi connectivity index (χ2n) is 6.84. The lowest BCUT2D eigenvalue weighted by molar-refractivity contribution is 0.168. The molecule has 1 N–H and O–H groups in total. The minimum absolute atomic E-state index is 0.802. The molecule has 1 aliphatic carbocycles. The molecule has 1 aliphatic rings. The fourth-order valence-electron chi connectivity index (χ4n) is 4.15. The van der Waals surface area contributed by atoms with Crippen molar-refractivity contribution < 1.29 is 0 Å². The highest BCUT2D eigenvalue weighted by Gasteiger charge is 2.29. The maximum Gasteiger partial charge on any atom is 0.00978 e. The predicted octanol–water partition coefficient (Wildman–Crippen LogP) is 5.93. The van der Waals surface area contributed by atoms with Gasteiger partial charge < -0.3 is 5.32 Å². The molecule has 1 rings (SSSR count). The Hall–Kier alpha value is -0.0400. The standard InChI is InChI=1S/C19H39N/c1-4-7-8-9-10-11-16-19(20-6-3)18-15-13-12-14-17(18)5-2/h17-20H,4-16H2,1-3H3. The van der Waals surface area contributed by atoms with Crippen LogP contribution in [0.5, 0.6) is 0 Å². The van der Waals surface area contributed by atoms with Crippen molar-refractivity contribution in [3.05, 3.63) is 0 Å². The highest BCUT2D eigenvalue weighted by molar-refractivity contribution is 4.84. The highest BCUT2D eigenvalue weighted by Crippen LogP contribution is 2.35. The molecule has 1 nitrogen and oxygen atoms in total. The number of nitrogens with one attached hydrogen (secondary N) is 1. The first-order valence-electron chi connectivity index (χ1n) is 9.56. The minimum Gasteiger partial charge on any atom is -0.314 e. The monoisotopic (exact) mass is 281 g/mol. The maximum absolute atomic E-state index is 3.82. The van der Waals surface area contributed by atoms with Gasteiger partial charge in [-0.3, -0.25) is 0 Å². The van der Waals surface area contributed by atoms with Crippen molar-refractivity contribution in [3.8, 4) is 0 Å². The van der Waals surface area contributed by atoms with Crippen molar-refractivity contribution in [1.82, 2.24) is 5.32 Å². The van der Waals surface area contributed by atoms with Gasteiger partial charge in [-0.15, -0.1) is 0 Å². The summed E-state index contributed by atoms with van der Waals surface area (Å²) in [7, 11) is 0. The molecule has 0 spiro atoms. The maximum atomic E-state index is 3.82. The molecule has 120 valence electrons. The third-order valence-corrected chi connectivity index (χ3v) is 5.34. The van der Waals surface area contributed by atoms with Gasteiger partial charge >= 0.3 is 0 Å². The van der Waals surface area contributed by atoms with E-state index in [-0.39, 0.29) is 0 Å². The summed E-state index contributed by atoms with van der Waals surface area (Å²) in [6.45, 7) is 8.12. The number of unbranched alkanes of at least 4 members (excludes halogenated alkanes) is 5. The Kier molecular flexibility index (Phi) is 10.4. The van der Waals surface area contributed by atoms with Crippen molar-refractivity contribution in [2.75, 3.05) is 6.54 Å². The van der Waals surface area contributed by atoms with Crippen LogP contribution in [0.25, 0.3) is 0 Å². The van der Waals surface area contributed by atoms with E-state index in [0.717, 1.165) is 24.4 Å². The Balaban J connectivity index is 2.30. The van der Waals surface area contributed by atoms with E-state index in [1.807, 2.05) is 0 Å². The molecule has 3 atom stereocenters. The van der Waals surface area contributed by atoms with Crippen LogP contribution in [0.15, 0.2) is 0 Å². The molecule has 0 aromatic carbocycles. The van der Waals surface area contributed by atoms with Crippen LogP contribution in [0.2, 0.25) is 0 Å². The summed E-state index contributed by atoms with van der Waals surface area (Å²) < 4.78 is 0. The Morgan fingerprint density at radius 3 is 2.30 bits per heavy atom. The van der Waals surface area contributed by atoms with Gasteiger partial charge in [0.15, 0.2) is 0 Å². The average Bonchev–Trinajstić information content (AvgIpc) is 2.49. The van der Waals surface area contributed by atoms with Gasteiger partial charge in [-0.05, 0) is 31.2 Å². The van der Waals surface area contributed by atoms with E-state index >= 15 is 0 Å². The van der Waals surface area contributed by atoms with Gasteiger partial charge in [0, 0.05) is 6.04 Å². The van der Waals surface area contributed by atoms with Crippen molar-refractivity contribution in [2.45, 2.75) is 104 Å². The van der Waals surface area contributed by atoms with Gasteiger partial charge in [-0.1, -0.05) is 85.0 Å². The third kappa shape index (κ3) is 6.61. The smallest absolute Gasteiger partial charge is 0.00978 e. The minimum atomic E-state index is 0.802. The number of hydrogen-bond acceptors (Lipinski definition) is 1. The van der Waals surface area contributed by atoms with Crippen LogP contribution >= 0.6 is 0 Å². The molecule has 1 fully saturated rings. The molecule has 20 heavy (non-hydrogen) atoms. The molecular formula is C19H39N. The van der Waals surface area contributed by atoms with E-state index in [1.165, 1.54) is 77.0 Å². The largest absolute Gasteiger partial charge is 0.314 e. The summed E-state index contributed by atoms with van der Waals surface area (Å²) in [4.78, 5) is 0. The van der Waals surface area contributed by atoms with Crippen LogP contribution in [0.4, 0.5) is 0 Å². The summed E-state index contributed by atoms with van der Waals surface area (Å²) in [6, 6.07) is 0.802. The van der Waals surface area contributed by atoms with Gasteiger partial charge in [0.1, 0.15) is 0 Å². The van der Waals surface area contributed by atoms with Gasteiger partial charge in [-0.25, -0.2) is 0 Å². The lowest BCUT2D eigenvalue weighted by atomic mass is 9.73. The SMILES string of the molecule is CCCCCCCCC(NCC)C1CCCCC1CC. The van der Waals surface area contributed by atoms with E-state index < -0.39 is 0 Å². The molecule has 3 unspecified atom stereocenters. The zero-order valence-electron chi connectivity index (χ0n) is 14.4. The third-order valence-electron chi connectivity index (χ3n) is 5.34. The summed E-state index contributed by atoms with van der Waals surface area (Å²) in [5, 5.41) is 3.82. The molecule has 0 bridgehead atoms. The first-order valence-corrected chi connectivity index (χ1v) is 9.56. The second-order valence-corrected chi connectivity index (χ2v) is 6.84. The van der Waals surface area contributed by atoms with E-state index in [1.54, 1.807) is 0 Å². The van der Waals surface area contributed by atoms with E-state index in [9.17, 15) is 0 Å². The molecule has 0 aliphatic heterocycles. The molecule has 0 amide bonds. The molecule has 1 heteroatoms. The molecule has 0 aromatic heterocycles. The van der Waals surface area contributed by atoms with Crippen LogP contribution < -0.4 is 5.32 Å². The van der Waals surface area contributed by atoms with E-state index in [4.69, 9.17) is 0 Å². The molecule has 0 radical (unpaired) electrons. The lowest BCUT2D eigenvalue weighted by Crippen LogP contribution is -2.41. The van der Waals surface area contributed by atoms with Crippen molar-refractivity contribution in [2.24, 2.45) is 11.8 Å². The zero-order valence-corrected chi connectivity index (χ0v) is 14.4. The first-order chi connectivity index (χ1) is 9.83. The van der Waals surface area contributed by atoms with Crippen molar-refractivity contribution in [3.63, 3.8) is 0 Å². The molecule has 0 aromatic rings. The summed E-state index contributed by atoms with van der Waals surface area (Å²) in [5.74, 6) is 1.96. The number of hydrogen-bond donors (Lipinski definition) is 1. The zero-order chi connectivity index (χ0) is 14.6. The summed E-state index contributed by atoms with van der Waals surface area (Å²) >= 11 is 0. The molecule has 0 saturated heterocycles. The van der Waals surface area contributed by atoms with Crippen LogP contribution in [0, 0.1) is 11.8 Å². The van der Waals surface area contributed by atoms with E-state index in [2.05, 4.69) is 26.1 Å². The predicted molar refractivity (Wildman–Crippen MR) is 91.2 cm³/mol. The highest BCUT2D eigenvalue weighted by atomic mass is 14.9. The summed E-state index contributed by atoms with van der Waals surface area (Å²) in [6.07, 6.45) is 17.3. The van der Waals surface area contributed by atoms with Crippen LogP contribution in [-0.2, 0) is 0 Å². The Labute approximate surface area is 128 Å². The Morgan fingerprint density at radius 1 is 0.900 bits per heavy atom. The fraction of sp³-hybridized carbons (Fsp3) is 1.00. The van der Waals surface area contributed by atoms with Gasteiger partial charge in [0.05, 0.1) is 0 Å². The number of rotatable bonds is 11. The molecule has 0 heterocycles. The fourth-order valence-corrected chi connectivity index (χ4v) is 4.15. The van der Waals surface area contributed by atoms with Crippen LogP contribution in [0.3, 0.4) is 0 Å². The quantitative estimate of drug-likeness (QED) is 0.463. The Morgan fingerprint density at radius 2 is 1.60 bits per heavy atom. The molecular weight excluding hydrogens is 242 g/mol. The van der Waals surface area contributed by atoms with Crippen LogP contribution in [0.1, 0.15) is 97.8 Å². The second kappa shape index (κ2) is 11.6. The van der Waals surface area contributed by atoms with Gasteiger partial charge in [-0.2, -0.15) is 0 Å². The van der Waals surface area contributed by atoms with Gasteiger partial charge in [0.25, 0.3) is 0 Å². The first kappa shape index (κ1) is 18.0. The van der Waals surface area contributed by atoms with Crippen LogP contribution in [-0.4, -0.2) is 12.6 Å². The summed E-state index contributed by atoms with van der Waals surface area (Å²) in [5.41, 5.74) is 0. The lowest BCUT2D eigenvalue weighted by Gasteiger charge is -2.37. The van der Waals surface area contributed by atoms with Gasteiger partial charge in [0.2, 0.25) is 0 Å². The normalized spacial score (nSPS) is 24.8. The average molecular weight is 282 g/mol. The Bertz CT molecular complexity index is 214. The van der Waals surface area contributed by atoms with E-state index in [0.29, 0.717) is 0 Å². The van der Waals surface area contributed by atoms with Crippen molar-refractivity contribution >= 4 is 0 Å². The molecule has 1 saturated carbocycles. The topological polar surface area (TPSA) is 12.0 Å².